The molecular weight excluding hydrogens is 212 g/mol. The van der Waals surface area contributed by atoms with Gasteiger partial charge in [-0.25, -0.2) is 0 Å². The van der Waals surface area contributed by atoms with Crippen LogP contribution in [0, 0.1) is 5.92 Å². The van der Waals surface area contributed by atoms with Crippen LogP contribution in [0.3, 0.4) is 0 Å². The van der Waals surface area contributed by atoms with E-state index in [0.29, 0.717) is 0 Å². The van der Waals surface area contributed by atoms with Gasteiger partial charge < -0.3 is 16.0 Å². The number of nitrogens with one attached hydrogen (secondary N) is 1. The second kappa shape index (κ2) is 5.87. The van der Waals surface area contributed by atoms with Gasteiger partial charge in [0.05, 0.1) is 17.6 Å². The van der Waals surface area contributed by atoms with Gasteiger partial charge in [-0.2, -0.15) is 0 Å². The van der Waals surface area contributed by atoms with Crippen LogP contribution >= 0.6 is 0 Å². The maximum absolute atomic E-state index is 5.85. The van der Waals surface area contributed by atoms with Gasteiger partial charge in [-0.1, -0.05) is 6.92 Å². The van der Waals surface area contributed by atoms with Gasteiger partial charge in [-0.05, 0) is 44.5 Å². The first-order valence-electron chi connectivity index (χ1n) is 6.45. The summed E-state index contributed by atoms with van der Waals surface area (Å²) in [6.45, 7) is 6.89. The van der Waals surface area contributed by atoms with Crippen LogP contribution in [0.25, 0.3) is 0 Å². The van der Waals surface area contributed by atoms with E-state index < -0.39 is 0 Å². The van der Waals surface area contributed by atoms with Gasteiger partial charge in [0, 0.05) is 12.7 Å². The topological polar surface area (TPSA) is 54.2 Å². The fourth-order valence-electron chi connectivity index (χ4n) is 2.33. The van der Waals surface area contributed by atoms with Gasteiger partial charge in [0.2, 0.25) is 0 Å². The van der Waals surface area contributed by atoms with E-state index in [-0.39, 0.29) is 0 Å². The van der Waals surface area contributed by atoms with Crippen molar-refractivity contribution >= 4 is 11.4 Å². The Morgan fingerprint density at radius 1 is 1.47 bits per heavy atom. The predicted octanol–water partition coefficient (Wildman–Crippen LogP) is 1.81. The molecular formula is C13H22N4. The lowest BCUT2D eigenvalue weighted by atomic mass is 9.97. The van der Waals surface area contributed by atoms with Crippen molar-refractivity contribution in [3.63, 3.8) is 0 Å². The normalized spacial score (nSPS) is 18.2. The lowest BCUT2D eigenvalue weighted by Crippen LogP contribution is -2.35. The summed E-state index contributed by atoms with van der Waals surface area (Å²) in [6.07, 6.45) is 6.04. The Bertz CT molecular complexity index is 345. The first-order valence-corrected chi connectivity index (χ1v) is 6.45. The third-order valence-corrected chi connectivity index (χ3v) is 3.59. The summed E-state index contributed by atoms with van der Waals surface area (Å²) < 4.78 is 0. The zero-order valence-electron chi connectivity index (χ0n) is 10.5. The van der Waals surface area contributed by atoms with Crippen LogP contribution in [0.15, 0.2) is 18.5 Å². The van der Waals surface area contributed by atoms with Crippen LogP contribution in [-0.2, 0) is 0 Å². The lowest BCUT2D eigenvalue weighted by molar-refractivity contribution is 0.198. The van der Waals surface area contributed by atoms with Crippen molar-refractivity contribution in [2.24, 2.45) is 5.92 Å². The Hall–Kier alpha value is -1.29. The largest absolute Gasteiger partial charge is 0.396 e. The second-order valence-corrected chi connectivity index (χ2v) is 4.72. The highest BCUT2D eigenvalue weighted by Gasteiger charge is 2.17. The maximum atomic E-state index is 5.85. The van der Waals surface area contributed by atoms with Crippen LogP contribution in [0.1, 0.15) is 19.8 Å². The molecule has 1 aliphatic rings. The number of rotatable bonds is 4. The number of nitrogens with zero attached hydrogens (tertiary/aromatic N) is 2. The molecule has 0 aliphatic carbocycles. The summed E-state index contributed by atoms with van der Waals surface area (Å²) in [6, 6.07) is 1.94. The number of nitrogens with two attached hydrogens (primary N) is 1. The predicted molar refractivity (Wildman–Crippen MR) is 72.0 cm³/mol. The first kappa shape index (κ1) is 12.2. The van der Waals surface area contributed by atoms with Gasteiger partial charge in [-0.3, -0.25) is 4.98 Å². The fourth-order valence-corrected chi connectivity index (χ4v) is 2.33. The third kappa shape index (κ3) is 3.33. The van der Waals surface area contributed by atoms with Crippen molar-refractivity contribution in [3.05, 3.63) is 18.5 Å². The van der Waals surface area contributed by atoms with E-state index in [1.54, 1.807) is 12.4 Å². The molecule has 4 nitrogen and oxygen atoms in total. The Kier molecular flexibility index (Phi) is 4.20. The second-order valence-electron chi connectivity index (χ2n) is 4.72. The molecule has 0 aromatic carbocycles. The standard InChI is InChI=1S/C13H22N4/c1-2-17-7-4-11(5-8-17)9-16-13-3-6-15-10-12(13)14/h3,6,10-11H,2,4-5,7-9,14H2,1H3,(H,15,16). The molecule has 1 aromatic heterocycles. The monoisotopic (exact) mass is 234 g/mol. The van der Waals surface area contributed by atoms with Crippen molar-refractivity contribution in [3.8, 4) is 0 Å². The molecule has 4 heteroatoms. The van der Waals surface area contributed by atoms with E-state index in [2.05, 4.69) is 22.1 Å². The average Bonchev–Trinajstić information content (AvgIpc) is 2.38. The Morgan fingerprint density at radius 3 is 2.88 bits per heavy atom. The molecule has 1 aliphatic heterocycles. The highest BCUT2D eigenvalue weighted by Crippen LogP contribution is 2.20. The van der Waals surface area contributed by atoms with Crippen LogP contribution in [0.5, 0.6) is 0 Å². The highest BCUT2D eigenvalue weighted by atomic mass is 15.1. The van der Waals surface area contributed by atoms with Gasteiger partial charge in [-0.15, -0.1) is 0 Å². The third-order valence-electron chi connectivity index (χ3n) is 3.59. The molecule has 0 spiro atoms. The van der Waals surface area contributed by atoms with Crippen molar-refractivity contribution < 1.29 is 0 Å². The molecule has 2 heterocycles. The molecule has 0 radical (unpaired) electrons. The Morgan fingerprint density at radius 2 is 2.24 bits per heavy atom. The number of likely N-dealkylation sites (tertiary alicyclic amines) is 1. The van der Waals surface area contributed by atoms with Crippen molar-refractivity contribution in [1.29, 1.82) is 0 Å². The molecule has 94 valence electrons. The van der Waals surface area contributed by atoms with E-state index in [9.17, 15) is 0 Å². The van der Waals surface area contributed by atoms with E-state index in [4.69, 9.17) is 5.73 Å². The summed E-state index contributed by atoms with van der Waals surface area (Å²) in [7, 11) is 0. The van der Waals surface area contributed by atoms with E-state index >= 15 is 0 Å². The summed E-state index contributed by atoms with van der Waals surface area (Å²) in [5.41, 5.74) is 7.59. The molecule has 0 bridgehead atoms. The highest BCUT2D eigenvalue weighted by molar-refractivity contribution is 5.64. The molecule has 17 heavy (non-hydrogen) atoms. The zero-order chi connectivity index (χ0) is 12.1. The van der Waals surface area contributed by atoms with Crippen LogP contribution in [0.4, 0.5) is 11.4 Å². The van der Waals surface area contributed by atoms with Crippen LogP contribution in [-0.4, -0.2) is 36.1 Å². The van der Waals surface area contributed by atoms with Gasteiger partial charge in [0.15, 0.2) is 0 Å². The molecule has 0 atom stereocenters. The molecule has 1 aromatic rings. The van der Waals surface area contributed by atoms with E-state index in [1.165, 1.54) is 32.5 Å². The van der Waals surface area contributed by atoms with Crippen LogP contribution < -0.4 is 11.1 Å². The van der Waals surface area contributed by atoms with Gasteiger partial charge in [0.25, 0.3) is 0 Å². The van der Waals surface area contributed by atoms with Crippen molar-refractivity contribution in [2.45, 2.75) is 19.8 Å². The minimum absolute atomic E-state index is 0.735. The minimum atomic E-state index is 0.735. The molecule has 2 rings (SSSR count). The number of anilines is 2. The number of pyridine rings is 1. The summed E-state index contributed by atoms with van der Waals surface area (Å²) in [5, 5.41) is 3.43. The minimum Gasteiger partial charge on any atom is -0.396 e. The number of hydrogen-bond acceptors (Lipinski definition) is 4. The van der Waals surface area contributed by atoms with E-state index in [0.717, 1.165) is 23.8 Å². The zero-order valence-corrected chi connectivity index (χ0v) is 10.5. The smallest absolute Gasteiger partial charge is 0.0736 e. The first-order chi connectivity index (χ1) is 8.29. The SMILES string of the molecule is CCN1CCC(CNc2ccncc2N)CC1. The van der Waals surface area contributed by atoms with E-state index in [1.807, 2.05) is 6.07 Å². The molecule has 0 unspecified atom stereocenters. The molecule has 1 saturated heterocycles. The number of aromatic nitrogens is 1. The number of piperidine rings is 1. The molecule has 0 saturated carbocycles. The Labute approximate surface area is 103 Å². The quantitative estimate of drug-likeness (QED) is 0.834. The maximum Gasteiger partial charge on any atom is 0.0736 e. The van der Waals surface area contributed by atoms with Crippen LogP contribution in [0.2, 0.25) is 0 Å². The van der Waals surface area contributed by atoms with Crippen molar-refractivity contribution in [1.82, 2.24) is 9.88 Å². The average molecular weight is 234 g/mol. The summed E-state index contributed by atoms with van der Waals surface area (Å²) in [4.78, 5) is 6.50. The summed E-state index contributed by atoms with van der Waals surface area (Å²) >= 11 is 0. The van der Waals surface area contributed by atoms with Crippen molar-refractivity contribution in [2.75, 3.05) is 37.2 Å². The summed E-state index contributed by atoms with van der Waals surface area (Å²) in [5.74, 6) is 0.769. The molecule has 1 fully saturated rings. The number of nitrogen functional groups attached to an aromatic ring is 1. The fraction of sp³-hybridized carbons (Fsp3) is 0.615. The molecule has 0 amide bonds. The lowest BCUT2D eigenvalue weighted by Gasteiger charge is -2.31. The van der Waals surface area contributed by atoms with Gasteiger partial charge in [0.1, 0.15) is 0 Å². The Balaban J connectivity index is 1.78. The van der Waals surface area contributed by atoms with Gasteiger partial charge >= 0.3 is 0 Å². The molecule has 3 N–H and O–H groups in total. The number of hydrogen-bond donors (Lipinski definition) is 2.